The quantitative estimate of drug-likeness (QED) is 0.471. The second-order valence-electron chi connectivity index (χ2n) is 3.82. The molecule has 1 N–H and O–H groups in total. The molecule has 0 aliphatic rings. The molecule has 1 aromatic carbocycles. The molecule has 1 rings (SSSR count). The summed E-state index contributed by atoms with van der Waals surface area (Å²) in [6.07, 6.45) is 6.84. The topological polar surface area (TPSA) is 29.1 Å². The minimum absolute atomic E-state index is 0.107. The summed E-state index contributed by atoms with van der Waals surface area (Å²) in [4.78, 5) is 11.3. The number of thioether (sulfide) groups is 1. The molecule has 1 amide bonds. The number of allylic oxidation sites excluding steroid dienone is 3. The van der Waals surface area contributed by atoms with E-state index in [1.807, 2.05) is 19.1 Å². The molecule has 0 saturated heterocycles. The summed E-state index contributed by atoms with van der Waals surface area (Å²) in [6.45, 7) is 2.47. The van der Waals surface area contributed by atoms with Crippen LogP contribution in [0.5, 0.6) is 0 Å². The second kappa shape index (κ2) is 9.39. The molecule has 0 heterocycles. The van der Waals surface area contributed by atoms with Gasteiger partial charge in [-0.2, -0.15) is 11.8 Å². The Kier molecular flexibility index (Phi) is 7.66. The average molecular weight is 279 g/mol. The molecule has 0 unspecified atom stereocenters. The van der Waals surface area contributed by atoms with Crippen molar-refractivity contribution in [2.45, 2.75) is 12.7 Å². The van der Waals surface area contributed by atoms with Crippen LogP contribution in [0.25, 0.3) is 0 Å². The standard InChI is InChI=1S/C15H18FNOS/c1-2-3-4-9-15(18)17-10-11-19-12-13-7-5-6-8-14(13)16/h2-9H,10-12H2,1H3,(H,17,18)/b3-2+,9-4?. The van der Waals surface area contributed by atoms with E-state index >= 15 is 0 Å². The summed E-state index contributed by atoms with van der Waals surface area (Å²) < 4.78 is 13.3. The van der Waals surface area contributed by atoms with Crippen molar-refractivity contribution in [3.05, 3.63) is 60.0 Å². The van der Waals surface area contributed by atoms with Gasteiger partial charge in [0.25, 0.3) is 0 Å². The molecule has 0 saturated carbocycles. The maximum Gasteiger partial charge on any atom is 0.244 e. The number of carbonyl (C=O) groups excluding carboxylic acids is 1. The summed E-state index contributed by atoms with van der Waals surface area (Å²) in [5, 5.41) is 2.77. The highest BCUT2D eigenvalue weighted by molar-refractivity contribution is 7.98. The average Bonchev–Trinajstić information content (AvgIpc) is 2.41. The molecule has 2 nitrogen and oxygen atoms in total. The van der Waals surface area contributed by atoms with Crippen LogP contribution in [0.2, 0.25) is 0 Å². The van der Waals surface area contributed by atoms with Crippen molar-refractivity contribution in [1.29, 1.82) is 0 Å². The van der Waals surface area contributed by atoms with E-state index in [0.29, 0.717) is 17.9 Å². The summed E-state index contributed by atoms with van der Waals surface area (Å²) in [5.41, 5.74) is 0.701. The van der Waals surface area contributed by atoms with E-state index in [2.05, 4.69) is 5.32 Å². The van der Waals surface area contributed by atoms with Gasteiger partial charge >= 0.3 is 0 Å². The largest absolute Gasteiger partial charge is 0.352 e. The van der Waals surface area contributed by atoms with Crippen LogP contribution in [0.3, 0.4) is 0 Å². The van der Waals surface area contributed by atoms with E-state index in [-0.39, 0.29) is 11.7 Å². The van der Waals surface area contributed by atoms with Crippen molar-refractivity contribution in [3.8, 4) is 0 Å². The van der Waals surface area contributed by atoms with Gasteiger partial charge in [0.2, 0.25) is 5.91 Å². The van der Waals surface area contributed by atoms with E-state index in [1.54, 1.807) is 36.0 Å². The molecule has 0 aliphatic carbocycles. The third-order valence-corrected chi connectivity index (χ3v) is 3.32. The highest BCUT2D eigenvalue weighted by Gasteiger charge is 2.00. The Labute approximate surface area is 117 Å². The molecule has 102 valence electrons. The fraction of sp³-hybridized carbons (Fsp3) is 0.267. The second-order valence-corrected chi connectivity index (χ2v) is 4.93. The van der Waals surface area contributed by atoms with Crippen molar-refractivity contribution in [1.82, 2.24) is 5.32 Å². The zero-order chi connectivity index (χ0) is 13.9. The number of benzene rings is 1. The lowest BCUT2D eigenvalue weighted by atomic mass is 10.2. The fourth-order valence-electron chi connectivity index (χ4n) is 1.36. The highest BCUT2D eigenvalue weighted by Crippen LogP contribution is 2.14. The van der Waals surface area contributed by atoms with E-state index in [9.17, 15) is 9.18 Å². The third-order valence-electron chi connectivity index (χ3n) is 2.31. The lowest BCUT2D eigenvalue weighted by Gasteiger charge is -2.04. The Bertz CT molecular complexity index is 457. The highest BCUT2D eigenvalue weighted by atomic mass is 32.2. The molecule has 1 aromatic rings. The van der Waals surface area contributed by atoms with Gasteiger partial charge in [-0.1, -0.05) is 36.4 Å². The van der Waals surface area contributed by atoms with Crippen LogP contribution in [-0.2, 0) is 10.5 Å². The van der Waals surface area contributed by atoms with Gasteiger partial charge in [-0.25, -0.2) is 4.39 Å². The van der Waals surface area contributed by atoms with Gasteiger partial charge in [-0.15, -0.1) is 0 Å². The molecular formula is C15H18FNOS. The van der Waals surface area contributed by atoms with E-state index in [1.165, 1.54) is 12.1 Å². The first-order chi connectivity index (χ1) is 9.24. The maximum absolute atomic E-state index is 13.3. The van der Waals surface area contributed by atoms with Crippen molar-refractivity contribution < 1.29 is 9.18 Å². The molecule has 0 aliphatic heterocycles. The Balaban J connectivity index is 2.15. The Morgan fingerprint density at radius 3 is 2.89 bits per heavy atom. The summed E-state index contributed by atoms with van der Waals surface area (Å²) in [6, 6.07) is 6.75. The van der Waals surface area contributed by atoms with Gasteiger partial charge < -0.3 is 5.32 Å². The van der Waals surface area contributed by atoms with Crippen molar-refractivity contribution in [3.63, 3.8) is 0 Å². The van der Waals surface area contributed by atoms with E-state index in [0.717, 1.165) is 5.75 Å². The van der Waals surface area contributed by atoms with Crippen LogP contribution < -0.4 is 5.32 Å². The molecule has 0 atom stereocenters. The molecule has 0 radical (unpaired) electrons. The Morgan fingerprint density at radius 1 is 1.37 bits per heavy atom. The van der Waals surface area contributed by atoms with Gasteiger partial charge in [0, 0.05) is 24.1 Å². The summed E-state index contributed by atoms with van der Waals surface area (Å²) in [5.74, 6) is 1.10. The first-order valence-corrected chi connectivity index (χ1v) is 7.28. The number of amides is 1. The lowest BCUT2D eigenvalue weighted by molar-refractivity contribution is -0.116. The van der Waals surface area contributed by atoms with Gasteiger partial charge in [0.1, 0.15) is 5.82 Å². The number of hydrogen-bond donors (Lipinski definition) is 1. The van der Waals surface area contributed by atoms with Crippen LogP contribution in [0.15, 0.2) is 48.6 Å². The number of rotatable bonds is 7. The smallest absolute Gasteiger partial charge is 0.244 e. The third kappa shape index (κ3) is 6.82. The van der Waals surface area contributed by atoms with Crippen LogP contribution >= 0.6 is 11.8 Å². The zero-order valence-corrected chi connectivity index (χ0v) is 11.8. The van der Waals surface area contributed by atoms with Gasteiger partial charge in [0.15, 0.2) is 0 Å². The van der Waals surface area contributed by atoms with Crippen LogP contribution in [0.1, 0.15) is 12.5 Å². The summed E-state index contributed by atoms with van der Waals surface area (Å²) in [7, 11) is 0. The summed E-state index contributed by atoms with van der Waals surface area (Å²) >= 11 is 1.60. The predicted molar refractivity (Wildman–Crippen MR) is 79.5 cm³/mol. The van der Waals surface area contributed by atoms with Crippen LogP contribution in [0.4, 0.5) is 4.39 Å². The maximum atomic E-state index is 13.3. The minimum Gasteiger partial charge on any atom is -0.352 e. The van der Waals surface area contributed by atoms with Crippen molar-refractivity contribution in [2.24, 2.45) is 0 Å². The molecule has 0 bridgehead atoms. The number of hydrogen-bond acceptors (Lipinski definition) is 2. The zero-order valence-electron chi connectivity index (χ0n) is 10.9. The fourth-order valence-corrected chi connectivity index (χ4v) is 2.20. The van der Waals surface area contributed by atoms with Crippen molar-refractivity contribution in [2.75, 3.05) is 12.3 Å². The molecule has 0 aromatic heterocycles. The van der Waals surface area contributed by atoms with E-state index < -0.39 is 0 Å². The number of nitrogens with one attached hydrogen (secondary N) is 1. The minimum atomic E-state index is -0.173. The predicted octanol–water partition coefficient (Wildman–Crippen LogP) is 3.31. The van der Waals surface area contributed by atoms with E-state index in [4.69, 9.17) is 0 Å². The van der Waals surface area contributed by atoms with Gasteiger partial charge in [-0.3, -0.25) is 4.79 Å². The Morgan fingerprint density at radius 2 is 2.16 bits per heavy atom. The molecular weight excluding hydrogens is 261 g/mol. The van der Waals surface area contributed by atoms with Crippen LogP contribution in [-0.4, -0.2) is 18.2 Å². The number of carbonyl (C=O) groups is 1. The monoisotopic (exact) mass is 279 g/mol. The lowest BCUT2D eigenvalue weighted by Crippen LogP contribution is -2.23. The molecule has 4 heteroatoms. The van der Waals surface area contributed by atoms with Gasteiger partial charge in [0.05, 0.1) is 0 Å². The van der Waals surface area contributed by atoms with Crippen molar-refractivity contribution >= 4 is 17.7 Å². The first kappa shape index (κ1) is 15.5. The SMILES string of the molecule is C/C=C/C=CC(=O)NCCSCc1ccccc1F. The number of halogens is 1. The first-order valence-electron chi connectivity index (χ1n) is 6.12. The molecule has 0 fully saturated rings. The van der Waals surface area contributed by atoms with Crippen LogP contribution in [0, 0.1) is 5.82 Å². The molecule has 0 spiro atoms. The molecule has 19 heavy (non-hydrogen) atoms. The Hall–Kier alpha value is -1.55. The normalized spacial score (nSPS) is 11.3. The van der Waals surface area contributed by atoms with Gasteiger partial charge in [-0.05, 0) is 18.6 Å².